The van der Waals surface area contributed by atoms with Crippen molar-refractivity contribution in [1.82, 2.24) is 15.5 Å². The summed E-state index contributed by atoms with van der Waals surface area (Å²) in [6, 6.07) is 14.6. The molecule has 2 aromatic carbocycles. The normalized spacial score (nSPS) is 15.2. The number of nitrogens with one attached hydrogen (secondary N) is 2. The molecule has 1 fully saturated rings. The van der Waals surface area contributed by atoms with Crippen molar-refractivity contribution in [2.24, 2.45) is 0 Å². The molecule has 2 atom stereocenters. The van der Waals surface area contributed by atoms with Crippen molar-refractivity contribution in [2.45, 2.75) is 31.5 Å². The molecule has 40 heavy (non-hydrogen) atoms. The first kappa shape index (κ1) is 29.4. The van der Waals surface area contributed by atoms with Crippen molar-refractivity contribution in [3.05, 3.63) is 81.0 Å². The molecule has 0 saturated carbocycles. The highest BCUT2D eigenvalue weighted by Gasteiger charge is 2.33. The number of benzene rings is 2. The Morgan fingerprint density at radius 1 is 1.07 bits per heavy atom. The van der Waals surface area contributed by atoms with Crippen LogP contribution in [-0.4, -0.2) is 62.6 Å². The van der Waals surface area contributed by atoms with Crippen LogP contribution in [0.15, 0.2) is 60.0 Å². The van der Waals surface area contributed by atoms with Crippen molar-refractivity contribution >= 4 is 40.7 Å². The quantitative estimate of drug-likeness (QED) is 0.330. The number of thiophene rings is 1. The number of methoxy groups -OCH3 is 2. The van der Waals surface area contributed by atoms with Crippen LogP contribution in [0.2, 0.25) is 5.02 Å². The zero-order valence-corrected chi connectivity index (χ0v) is 23.9. The molecule has 0 radical (unpaired) electrons. The molecule has 9 nitrogen and oxygen atoms in total. The van der Waals surface area contributed by atoms with Gasteiger partial charge in [-0.25, -0.2) is 0 Å². The standard InChI is InChI=1S/C29H32ClN3O6S/c1-37-23-12-11-19(15-24(23)38-2)27(29(36)31-16-21-8-5-13-39-21)33(18-20-7-3-4-9-22(20)30)26(34)17-32-28(35)25-10-6-14-40-25/h3-4,6-7,9-12,14-15,21,27H,5,8,13,16-18H2,1-2H3,(H,31,36)(H,32,35). The minimum Gasteiger partial charge on any atom is -0.493 e. The van der Waals surface area contributed by atoms with Crippen LogP contribution in [0.1, 0.15) is 39.7 Å². The van der Waals surface area contributed by atoms with Gasteiger partial charge < -0.3 is 29.7 Å². The number of hydrogen-bond donors (Lipinski definition) is 2. The maximum atomic E-state index is 13.8. The van der Waals surface area contributed by atoms with Crippen LogP contribution in [0.4, 0.5) is 0 Å². The summed E-state index contributed by atoms with van der Waals surface area (Å²) >= 11 is 7.75. The van der Waals surface area contributed by atoms with E-state index < -0.39 is 17.9 Å². The molecule has 1 saturated heterocycles. The third kappa shape index (κ3) is 7.32. The van der Waals surface area contributed by atoms with E-state index in [4.69, 9.17) is 25.8 Å². The zero-order chi connectivity index (χ0) is 28.5. The number of halogens is 1. The molecule has 0 aliphatic carbocycles. The highest BCUT2D eigenvalue weighted by Crippen LogP contribution is 2.33. The molecule has 3 aromatic rings. The average Bonchev–Trinajstić information content (AvgIpc) is 3.70. The van der Waals surface area contributed by atoms with Gasteiger partial charge in [-0.15, -0.1) is 11.3 Å². The van der Waals surface area contributed by atoms with E-state index in [0.29, 0.717) is 45.7 Å². The van der Waals surface area contributed by atoms with Crippen LogP contribution in [0.3, 0.4) is 0 Å². The number of amides is 3. The SMILES string of the molecule is COc1ccc(C(C(=O)NCC2CCCO2)N(Cc2ccccc2Cl)C(=O)CNC(=O)c2cccs2)cc1OC. The first-order valence-electron chi connectivity index (χ1n) is 12.9. The summed E-state index contributed by atoms with van der Waals surface area (Å²) in [5.74, 6) is -0.332. The van der Waals surface area contributed by atoms with E-state index in [9.17, 15) is 14.4 Å². The van der Waals surface area contributed by atoms with Gasteiger partial charge in [0.25, 0.3) is 5.91 Å². The van der Waals surface area contributed by atoms with Gasteiger partial charge in [-0.1, -0.05) is 41.9 Å². The van der Waals surface area contributed by atoms with E-state index >= 15 is 0 Å². The van der Waals surface area contributed by atoms with Gasteiger partial charge in [0.05, 0.1) is 31.7 Å². The summed E-state index contributed by atoms with van der Waals surface area (Å²) < 4.78 is 16.5. The average molecular weight is 586 g/mol. The van der Waals surface area contributed by atoms with Gasteiger partial charge in [0.15, 0.2) is 11.5 Å². The lowest BCUT2D eigenvalue weighted by Gasteiger charge is -2.32. The van der Waals surface area contributed by atoms with Crippen molar-refractivity contribution in [3.63, 3.8) is 0 Å². The minimum absolute atomic E-state index is 0.0275. The summed E-state index contributed by atoms with van der Waals surface area (Å²) in [5.41, 5.74) is 1.16. The molecule has 1 aliphatic heterocycles. The van der Waals surface area contributed by atoms with Crippen molar-refractivity contribution < 1.29 is 28.6 Å². The van der Waals surface area contributed by atoms with Crippen molar-refractivity contribution in [3.8, 4) is 11.5 Å². The van der Waals surface area contributed by atoms with E-state index in [-0.39, 0.29) is 25.1 Å². The number of carbonyl (C=O) groups excluding carboxylic acids is 3. The van der Waals surface area contributed by atoms with E-state index in [0.717, 1.165) is 12.8 Å². The molecule has 0 spiro atoms. The largest absolute Gasteiger partial charge is 0.493 e. The van der Waals surface area contributed by atoms with Crippen LogP contribution >= 0.6 is 22.9 Å². The molecule has 0 bridgehead atoms. The smallest absolute Gasteiger partial charge is 0.261 e. The Balaban J connectivity index is 1.69. The maximum absolute atomic E-state index is 13.8. The van der Waals surface area contributed by atoms with E-state index in [1.165, 1.54) is 30.5 Å². The molecular weight excluding hydrogens is 554 g/mol. The Morgan fingerprint density at radius 3 is 2.55 bits per heavy atom. The summed E-state index contributed by atoms with van der Waals surface area (Å²) in [6.07, 6.45) is 1.69. The first-order valence-corrected chi connectivity index (χ1v) is 14.1. The van der Waals surface area contributed by atoms with E-state index in [1.807, 2.05) is 6.07 Å². The minimum atomic E-state index is -1.07. The lowest BCUT2D eigenvalue weighted by Crippen LogP contribution is -2.48. The molecule has 2 heterocycles. The Bertz CT molecular complexity index is 1310. The Hall–Kier alpha value is -3.60. The Morgan fingerprint density at radius 2 is 1.88 bits per heavy atom. The fourth-order valence-corrected chi connectivity index (χ4v) is 5.33. The number of carbonyl (C=O) groups is 3. The number of nitrogens with zero attached hydrogens (tertiary/aromatic N) is 1. The molecule has 1 aliphatic rings. The summed E-state index contributed by atoms with van der Waals surface area (Å²) in [5, 5.41) is 7.88. The highest BCUT2D eigenvalue weighted by atomic mass is 35.5. The van der Waals surface area contributed by atoms with E-state index in [2.05, 4.69) is 10.6 Å². The van der Waals surface area contributed by atoms with Crippen LogP contribution in [0, 0.1) is 0 Å². The molecule has 2 N–H and O–H groups in total. The fourth-order valence-electron chi connectivity index (χ4n) is 4.50. The summed E-state index contributed by atoms with van der Waals surface area (Å²) in [4.78, 5) is 42.2. The van der Waals surface area contributed by atoms with Gasteiger partial charge in [-0.05, 0) is 53.6 Å². The Labute approximate surface area is 242 Å². The van der Waals surface area contributed by atoms with Gasteiger partial charge in [0.1, 0.15) is 6.04 Å². The fraction of sp³-hybridized carbons (Fsp3) is 0.345. The topological polar surface area (TPSA) is 106 Å². The molecule has 212 valence electrons. The summed E-state index contributed by atoms with van der Waals surface area (Å²) in [6.45, 7) is 0.677. The number of ether oxygens (including phenoxy) is 3. The summed E-state index contributed by atoms with van der Waals surface area (Å²) in [7, 11) is 3.02. The lowest BCUT2D eigenvalue weighted by atomic mass is 10.0. The van der Waals surface area contributed by atoms with Gasteiger partial charge in [0, 0.05) is 24.7 Å². The molecule has 11 heteroatoms. The third-order valence-corrected chi connectivity index (χ3v) is 7.81. The monoisotopic (exact) mass is 585 g/mol. The second-order valence-corrected chi connectivity index (χ2v) is 10.5. The van der Waals surface area contributed by atoms with Crippen LogP contribution in [0.5, 0.6) is 11.5 Å². The third-order valence-electron chi connectivity index (χ3n) is 6.58. The second-order valence-electron chi connectivity index (χ2n) is 9.17. The lowest BCUT2D eigenvalue weighted by molar-refractivity contribution is -0.141. The highest BCUT2D eigenvalue weighted by molar-refractivity contribution is 7.12. The van der Waals surface area contributed by atoms with Crippen LogP contribution in [-0.2, 0) is 20.9 Å². The van der Waals surface area contributed by atoms with Crippen molar-refractivity contribution in [1.29, 1.82) is 0 Å². The second kappa shape index (κ2) is 14.2. The first-order chi connectivity index (χ1) is 19.4. The van der Waals surface area contributed by atoms with E-state index in [1.54, 1.807) is 53.9 Å². The Kier molecular flexibility index (Phi) is 10.4. The van der Waals surface area contributed by atoms with Gasteiger partial charge in [0.2, 0.25) is 11.8 Å². The molecule has 4 rings (SSSR count). The van der Waals surface area contributed by atoms with Crippen molar-refractivity contribution in [2.75, 3.05) is 33.9 Å². The van der Waals surface area contributed by atoms with Gasteiger partial charge >= 0.3 is 0 Å². The van der Waals surface area contributed by atoms with Gasteiger partial charge in [-0.2, -0.15) is 0 Å². The predicted octanol–water partition coefficient (Wildman–Crippen LogP) is 4.21. The number of rotatable bonds is 12. The zero-order valence-electron chi connectivity index (χ0n) is 22.4. The van der Waals surface area contributed by atoms with Gasteiger partial charge in [-0.3, -0.25) is 14.4 Å². The molecule has 3 amide bonds. The molecular formula is C29H32ClN3O6S. The maximum Gasteiger partial charge on any atom is 0.261 e. The number of hydrogen-bond acceptors (Lipinski definition) is 7. The predicted molar refractivity (Wildman–Crippen MR) is 153 cm³/mol. The van der Waals surface area contributed by atoms with Crippen LogP contribution in [0.25, 0.3) is 0 Å². The molecule has 2 unspecified atom stereocenters. The molecule has 1 aromatic heterocycles. The van der Waals surface area contributed by atoms with Crippen LogP contribution < -0.4 is 20.1 Å².